The van der Waals surface area contributed by atoms with Crippen LogP contribution in [0, 0.1) is 11.8 Å². The molecule has 1 aliphatic rings. The molecule has 0 spiro atoms. The molecule has 0 radical (unpaired) electrons. The molecule has 0 saturated heterocycles. The molecule has 1 saturated carbocycles. The van der Waals surface area contributed by atoms with Gasteiger partial charge in [0.2, 0.25) is 5.91 Å². The molecule has 0 bridgehead atoms. The van der Waals surface area contributed by atoms with Crippen LogP contribution >= 0.6 is 0 Å². The van der Waals surface area contributed by atoms with Gasteiger partial charge in [-0.3, -0.25) is 4.79 Å². The lowest BCUT2D eigenvalue weighted by Crippen LogP contribution is -2.51. The molecule has 3 nitrogen and oxygen atoms in total. The summed E-state index contributed by atoms with van der Waals surface area (Å²) in [5, 5.41) is 2.72. The molecule has 1 rings (SSSR count). The van der Waals surface area contributed by atoms with Gasteiger partial charge in [0.1, 0.15) is 0 Å². The van der Waals surface area contributed by atoms with Crippen molar-refractivity contribution < 1.29 is 18.0 Å². The van der Waals surface area contributed by atoms with Gasteiger partial charge in [0.25, 0.3) is 0 Å². The molecule has 1 amide bonds. The summed E-state index contributed by atoms with van der Waals surface area (Å²) in [5.41, 5.74) is 4.92. The first-order chi connectivity index (χ1) is 8.15. The van der Waals surface area contributed by atoms with E-state index in [9.17, 15) is 18.0 Å². The molecule has 0 aromatic rings. The number of nitrogens with two attached hydrogens (primary N) is 1. The Morgan fingerprint density at radius 2 is 1.94 bits per heavy atom. The zero-order valence-electron chi connectivity index (χ0n) is 10.8. The van der Waals surface area contributed by atoms with Gasteiger partial charge in [-0.1, -0.05) is 6.42 Å². The highest BCUT2D eigenvalue weighted by atomic mass is 19.4. The second-order valence-corrected chi connectivity index (χ2v) is 5.68. The first-order valence-electron chi connectivity index (χ1n) is 6.24. The van der Waals surface area contributed by atoms with Crippen molar-refractivity contribution in [2.75, 3.05) is 6.54 Å². The molecular formula is C12H21F3N2O. The molecule has 1 aliphatic carbocycles. The number of halogens is 3. The third-order valence-electron chi connectivity index (χ3n) is 3.48. The topological polar surface area (TPSA) is 55.1 Å². The summed E-state index contributed by atoms with van der Waals surface area (Å²) >= 11 is 0. The van der Waals surface area contributed by atoms with E-state index in [1.807, 2.05) is 0 Å². The van der Waals surface area contributed by atoms with Crippen LogP contribution in [0.5, 0.6) is 0 Å². The van der Waals surface area contributed by atoms with Crippen LogP contribution in [0.2, 0.25) is 0 Å². The van der Waals surface area contributed by atoms with E-state index < -0.39 is 23.6 Å². The maximum absolute atomic E-state index is 12.6. The zero-order valence-corrected chi connectivity index (χ0v) is 10.8. The second kappa shape index (κ2) is 5.47. The van der Waals surface area contributed by atoms with Gasteiger partial charge in [0.05, 0.1) is 5.92 Å². The molecule has 6 heteroatoms. The summed E-state index contributed by atoms with van der Waals surface area (Å²) in [6.07, 6.45) is -3.18. The third kappa shape index (κ3) is 4.15. The Bertz CT molecular complexity index is 302. The fraction of sp³-hybridized carbons (Fsp3) is 0.917. The van der Waals surface area contributed by atoms with Crippen molar-refractivity contribution in [2.24, 2.45) is 17.6 Å². The Morgan fingerprint density at radius 1 is 1.33 bits per heavy atom. The fourth-order valence-electron chi connectivity index (χ4n) is 2.21. The number of nitrogens with one attached hydrogen (secondary N) is 1. The number of amides is 1. The van der Waals surface area contributed by atoms with Crippen molar-refractivity contribution in [2.45, 2.75) is 51.2 Å². The highest BCUT2D eigenvalue weighted by molar-refractivity contribution is 5.79. The summed E-state index contributed by atoms with van der Waals surface area (Å²) in [6, 6.07) is 0. The lowest BCUT2D eigenvalue weighted by Gasteiger charge is -2.32. The van der Waals surface area contributed by atoms with Crippen LogP contribution in [0.1, 0.15) is 39.5 Å². The Morgan fingerprint density at radius 3 is 2.44 bits per heavy atom. The largest absolute Gasteiger partial charge is 0.391 e. The SMILES string of the molecule is CC(C)(CN)NC(=O)C1CCCC(C(F)(F)F)C1. The summed E-state index contributed by atoms with van der Waals surface area (Å²) in [6.45, 7) is 3.78. The van der Waals surface area contributed by atoms with Crippen molar-refractivity contribution >= 4 is 5.91 Å². The first kappa shape index (κ1) is 15.3. The van der Waals surface area contributed by atoms with Gasteiger partial charge in [-0.25, -0.2) is 0 Å². The van der Waals surface area contributed by atoms with E-state index in [1.165, 1.54) is 0 Å². The van der Waals surface area contributed by atoms with E-state index in [2.05, 4.69) is 5.32 Å². The monoisotopic (exact) mass is 266 g/mol. The molecule has 0 aliphatic heterocycles. The van der Waals surface area contributed by atoms with Crippen LogP contribution in [0.3, 0.4) is 0 Å². The van der Waals surface area contributed by atoms with Crippen LogP contribution < -0.4 is 11.1 Å². The molecule has 2 unspecified atom stereocenters. The molecule has 106 valence electrons. The number of carbonyl (C=O) groups excluding carboxylic acids is 1. The van der Waals surface area contributed by atoms with Crippen LogP contribution in [-0.2, 0) is 4.79 Å². The summed E-state index contributed by atoms with van der Waals surface area (Å²) in [7, 11) is 0. The highest BCUT2D eigenvalue weighted by Gasteiger charge is 2.43. The zero-order chi connectivity index (χ0) is 14.0. The van der Waals surface area contributed by atoms with Crippen LogP contribution in [-0.4, -0.2) is 24.2 Å². The van der Waals surface area contributed by atoms with E-state index in [0.29, 0.717) is 12.8 Å². The van der Waals surface area contributed by atoms with E-state index >= 15 is 0 Å². The van der Waals surface area contributed by atoms with Gasteiger partial charge in [0, 0.05) is 18.0 Å². The van der Waals surface area contributed by atoms with E-state index in [1.54, 1.807) is 13.8 Å². The standard InChI is InChI=1S/C12H21F3N2O/c1-11(2,7-16)17-10(18)8-4-3-5-9(6-8)12(13,14)15/h8-9H,3-7,16H2,1-2H3,(H,17,18). The van der Waals surface area contributed by atoms with E-state index in [0.717, 1.165) is 0 Å². The number of carbonyl (C=O) groups is 1. The summed E-state index contributed by atoms with van der Waals surface area (Å²) in [5.74, 6) is -2.20. The fourth-order valence-corrected chi connectivity index (χ4v) is 2.21. The first-order valence-corrected chi connectivity index (χ1v) is 6.24. The normalized spacial score (nSPS) is 25.9. The minimum atomic E-state index is -4.19. The Hall–Kier alpha value is -0.780. The maximum atomic E-state index is 12.6. The van der Waals surface area contributed by atoms with Crippen molar-refractivity contribution in [3.05, 3.63) is 0 Å². The number of alkyl halides is 3. The number of hydrogen-bond acceptors (Lipinski definition) is 2. The van der Waals surface area contributed by atoms with Gasteiger partial charge in [-0.2, -0.15) is 13.2 Å². The van der Waals surface area contributed by atoms with Crippen LogP contribution in [0.15, 0.2) is 0 Å². The molecule has 0 aromatic heterocycles. The summed E-state index contributed by atoms with van der Waals surface area (Å²) < 4.78 is 37.9. The quantitative estimate of drug-likeness (QED) is 0.823. The molecule has 0 heterocycles. The molecule has 1 fully saturated rings. The average molecular weight is 266 g/mol. The molecule has 3 N–H and O–H groups in total. The van der Waals surface area contributed by atoms with Gasteiger partial charge < -0.3 is 11.1 Å². The molecule has 18 heavy (non-hydrogen) atoms. The van der Waals surface area contributed by atoms with Crippen LogP contribution in [0.4, 0.5) is 13.2 Å². The van der Waals surface area contributed by atoms with Crippen molar-refractivity contribution in [1.82, 2.24) is 5.32 Å². The summed E-state index contributed by atoms with van der Waals surface area (Å²) in [4.78, 5) is 11.9. The van der Waals surface area contributed by atoms with Crippen molar-refractivity contribution in [3.8, 4) is 0 Å². The molecule has 2 atom stereocenters. The minimum absolute atomic E-state index is 0.101. The van der Waals surface area contributed by atoms with Gasteiger partial charge in [-0.15, -0.1) is 0 Å². The Labute approximate surface area is 105 Å². The third-order valence-corrected chi connectivity index (χ3v) is 3.48. The van der Waals surface area contributed by atoms with Gasteiger partial charge >= 0.3 is 6.18 Å². The Balaban J connectivity index is 2.59. The van der Waals surface area contributed by atoms with E-state index in [4.69, 9.17) is 5.73 Å². The van der Waals surface area contributed by atoms with Crippen LogP contribution in [0.25, 0.3) is 0 Å². The minimum Gasteiger partial charge on any atom is -0.350 e. The lowest BCUT2D eigenvalue weighted by molar-refractivity contribution is -0.186. The smallest absolute Gasteiger partial charge is 0.350 e. The van der Waals surface area contributed by atoms with E-state index in [-0.39, 0.29) is 25.3 Å². The average Bonchev–Trinajstić information content (AvgIpc) is 2.27. The number of rotatable bonds is 3. The predicted molar refractivity (Wildman–Crippen MR) is 62.8 cm³/mol. The second-order valence-electron chi connectivity index (χ2n) is 5.68. The Kier molecular flexibility index (Phi) is 4.64. The lowest BCUT2D eigenvalue weighted by atomic mass is 9.80. The van der Waals surface area contributed by atoms with Gasteiger partial charge in [0.15, 0.2) is 0 Å². The van der Waals surface area contributed by atoms with Gasteiger partial charge in [-0.05, 0) is 33.1 Å². The molecular weight excluding hydrogens is 245 g/mol. The highest BCUT2D eigenvalue weighted by Crippen LogP contribution is 2.40. The predicted octanol–water partition coefficient (Wildman–Crippen LogP) is 2.21. The molecule has 0 aromatic carbocycles. The maximum Gasteiger partial charge on any atom is 0.391 e. The number of hydrogen-bond donors (Lipinski definition) is 2. The van der Waals surface area contributed by atoms with Crippen molar-refractivity contribution in [3.63, 3.8) is 0 Å². The van der Waals surface area contributed by atoms with Crippen molar-refractivity contribution in [1.29, 1.82) is 0 Å².